The van der Waals surface area contributed by atoms with Gasteiger partial charge in [0.25, 0.3) is 0 Å². The van der Waals surface area contributed by atoms with Crippen LogP contribution >= 0.6 is 7.82 Å². The summed E-state index contributed by atoms with van der Waals surface area (Å²) in [5, 5.41) is 0. The van der Waals surface area contributed by atoms with E-state index in [9.17, 15) is 14.2 Å². The summed E-state index contributed by atoms with van der Waals surface area (Å²) >= 11 is 0. The summed E-state index contributed by atoms with van der Waals surface area (Å²) in [6.45, 7) is 4.06. The van der Waals surface area contributed by atoms with Crippen molar-refractivity contribution in [3.05, 3.63) is 12.8 Å². The summed E-state index contributed by atoms with van der Waals surface area (Å²) in [4.78, 5) is 21.1. The van der Waals surface area contributed by atoms with E-state index in [2.05, 4.69) is 20.2 Å². The van der Waals surface area contributed by atoms with Crippen molar-refractivity contribution < 1.29 is 27.7 Å². The second kappa shape index (κ2) is 4.79. The highest BCUT2D eigenvalue weighted by Gasteiger charge is 2.31. The molecule has 0 aliphatic heterocycles. The molecule has 0 aliphatic carbocycles. The molecule has 0 aromatic heterocycles. The Morgan fingerprint density at radius 2 is 2.00 bits per heavy atom. The Morgan fingerprint density at radius 1 is 1.46 bits per heavy atom. The van der Waals surface area contributed by atoms with Crippen molar-refractivity contribution in [2.24, 2.45) is 0 Å². The molecule has 0 fully saturated rings. The van der Waals surface area contributed by atoms with Gasteiger partial charge in [-0.2, -0.15) is 0 Å². The van der Waals surface area contributed by atoms with E-state index < -0.39 is 19.6 Å². The number of carbonyl (C=O) groups excluding carboxylic acids is 2. The number of hydrogen-bond acceptors (Lipinski definition) is 6. The predicted octanol–water partition coefficient (Wildman–Crippen LogP) is 1.03. The Kier molecular flexibility index (Phi) is 4.37. The summed E-state index contributed by atoms with van der Waals surface area (Å²) in [6, 6.07) is 0. The first kappa shape index (κ1) is 11.9. The van der Waals surface area contributed by atoms with E-state index in [1.807, 2.05) is 0 Å². The minimum Gasteiger partial charge on any atom is -0.404 e. The molecule has 1 atom stereocenters. The molecule has 6 nitrogen and oxygen atoms in total. The monoisotopic (exact) mass is 208 g/mol. The highest BCUT2D eigenvalue weighted by molar-refractivity contribution is 7.49. The number of rotatable bonds is 5. The smallest absolute Gasteiger partial charge is 0.404 e. The van der Waals surface area contributed by atoms with Gasteiger partial charge in [0.1, 0.15) is 0 Å². The highest BCUT2D eigenvalue weighted by Crippen LogP contribution is 2.48. The molecule has 0 amide bonds. The third kappa shape index (κ3) is 3.87. The molecule has 0 aromatic rings. The third-order valence-corrected chi connectivity index (χ3v) is 2.15. The topological polar surface area (TPSA) is 78.9 Å². The van der Waals surface area contributed by atoms with Gasteiger partial charge in [-0.1, -0.05) is 6.58 Å². The van der Waals surface area contributed by atoms with E-state index in [4.69, 9.17) is 0 Å². The summed E-state index contributed by atoms with van der Waals surface area (Å²) in [5.74, 6) is -2.18. The first-order valence-electron chi connectivity index (χ1n) is 3.14. The number of ketones is 1. The molecular formula is C6H9O6P. The van der Waals surface area contributed by atoms with Crippen LogP contribution in [0, 0.1) is 0 Å². The van der Waals surface area contributed by atoms with Crippen LogP contribution in [0.4, 0.5) is 0 Å². The standard InChI is InChI=1S/C6H9O6P/c1-4-11-13(9,10-3)12-6(8)5(2)7/h4H,1H2,2-3H3. The first-order valence-corrected chi connectivity index (χ1v) is 4.61. The van der Waals surface area contributed by atoms with Gasteiger partial charge in [0.05, 0.1) is 6.26 Å². The van der Waals surface area contributed by atoms with Crippen molar-refractivity contribution in [3.8, 4) is 0 Å². The fraction of sp³-hybridized carbons (Fsp3) is 0.333. The minimum atomic E-state index is -4.00. The summed E-state index contributed by atoms with van der Waals surface area (Å²) in [5.41, 5.74) is 0. The van der Waals surface area contributed by atoms with Crippen LogP contribution < -0.4 is 0 Å². The molecule has 0 radical (unpaired) electrons. The lowest BCUT2D eigenvalue weighted by Gasteiger charge is -2.11. The van der Waals surface area contributed by atoms with E-state index in [1.165, 1.54) is 0 Å². The number of Topliss-reactive ketones (excluding diaryl/α,β-unsaturated/α-hetero) is 1. The normalized spacial score (nSPS) is 14.0. The van der Waals surface area contributed by atoms with Crippen molar-refractivity contribution in [3.63, 3.8) is 0 Å². The Labute approximate surface area is 75.1 Å². The highest BCUT2D eigenvalue weighted by atomic mass is 31.2. The quantitative estimate of drug-likeness (QED) is 0.381. The van der Waals surface area contributed by atoms with Crippen LogP contribution in [0.1, 0.15) is 6.92 Å². The lowest BCUT2D eigenvalue weighted by Crippen LogP contribution is -2.13. The second-order valence-electron chi connectivity index (χ2n) is 1.84. The molecule has 0 N–H and O–H groups in total. The van der Waals surface area contributed by atoms with Crippen molar-refractivity contribution in [1.82, 2.24) is 0 Å². The van der Waals surface area contributed by atoms with Crippen LogP contribution in [0.25, 0.3) is 0 Å². The van der Waals surface area contributed by atoms with Crippen LogP contribution in [-0.4, -0.2) is 18.9 Å². The minimum absolute atomic E-state index is 0.789. The van der Waals surface area contributed by atoms with Crippen molar-refractivity contribution in [2.75, 3.05) is 7.11 Å². The molecule has 13 heavy (non-hydrogen) atoms. The van der Waals surface area contributed by atoms with Gasteiger partial charge in [-0.25, -0.2) is 9.36 Å². The average molecular weight is 208 g/mol. The zero-order valence-corrected chi connectivity index (χ0v) is 8.08. The number of phosphoric acid groups is 1. The largest absolute Gasteiger partial charge is 0.589 e. The summed E-state index contributed by atoms with van der Waals surface area (Å²) in [6.07, 6.45) is 0.789. The molecule has 0 aliphatic rings. The molecule has 0 saturated heterocycles. The molecule has 0 heterocycles. The Balaban J connectivity index is 4.44. The molecular weight excluding hydrogens is 199 g/mol. The Bertz CT molecular complexity index is 270. The molecule has 0 spiro atoms. The maximum atomic E-state index is 11.2. The van der Waals surface area contributed by atoms with Crippen LogP contribution in [0.5, 0.6) is 0 Å². The average Bonchev–Trinajstić information content (AvgIpc) is 2.04. The molecule has 1 unspecified atom stereocenters. The van der Waals surface area contributed by atoms with Gasteiger partial charge in [0.15, 0.2) is 0 Å². The molecule has 0 saturated carbocycles. The van der Waals surface area contributed by atoms with Gasteiger partial charge in [0, 0.05) is 14.0 Å². The van der Waals surface area contributed by atoms with Gasteiger partial charge < -0.3 is 9.05 Å². The lowest BCUT2D eigenvalue weighted by molar-refractivity contribution is -0.147. The Hall–Kier alpha value is -1.13. The predicted molar refractivity (Wildman–Crippen MR) is 42.7 cm³/mol. The first-order chi connectivity index (χ1) is 5.95. The van der Waals surface area contributed by atoms with Gasteiger partial charge >= 0.3 is 13.8 Å². The van der Waals surface area contributed by atoms with Crippen LogP contribution in [0.15, 0.2) is 12.8 Å². The summed E-state index contributed by atoms with van der Waals surface area (Å²) in [7, 11) is -2.99. The van der Waals surface area contributed by atoms with E-state index in [1.54, 1.807) is 0 Å². The summed E-state index contributed by atoms with van der Waals surface area (Å²) < 4.78 is 23.9. The zero-order valence-electron chi connectivity index (χ0n) is 7.18. The van der Waals surface area contributed by atoms with Crippen LogP contribution in [0.3, 0.4) is 0 Å². The lowest BCUT2D eigenvalue weighted by atomic mass is 10.5. The van der Waals surface area contributed by atoms with E-state index >= 15 is 0 Å². The van der Waals surface area contributed by atoms with E-state index in [-0.39, 0.29) is 0 Å². The SMILES string of the molecule is C=COP(=O)(OC)OC(=O)C(C)=O. The molecule has 74 valence electrons. The molecule has 7 heteroatoms. The van der Waals surface area contributed by atoms with Gasteiger partial charge in [0.2, 0.25) is 5.78 Å². The van der Waals surface area contributed by atoms with E-state index in [0.29, 0.717) is 0 Å². The van der Waals surface area contributed by atoms with Crippen LogP contribution in [-0.2, 0) is 27.7 Å². The third-order valence-electron chi connectivity index (χ3n) is 0.909. The Morgan fingerprint density at radius 3 is 2.31 bits per heavy atom. The maximum absolute atomic E-state index is 11.2. The fourth-order valence-electron chi connectivity index (χ4n) is 0.359. The second-order valence-corrected chi connectivity index (χ2v) is 3.49. The van der Waals surface area contributed by atoms with Gasteiger partial charge in [-0.05, 0) is 0 Å². The van der Waals surface area contributed by atoms with Gasteiger partial charge in [-0.3, -0.25) is 9.32 Å². The van der Waals surface area contributed by atoms with Crippen molar-refractivity contribution in [2.45, 2.75) is 6.92 Å². The maximum Gasteiger partial charge on any atom is 0.589 e. The molecule has 0 aromatic carbocycles. The fourth-order valence-corrected chi connectivity index (χ4v) is 1.08. The van der Waals surface area contributed by atoms with Crippen molar-refractivity contribution >= 4 is 19.6 Å². The van der Waals surface area contributed by atoms with E-state index in [0.717, 1.165) is 20.3 Å². The number of carbonyl (C=O) groups is 2. The van der Waals surface area contributed by atoms with Crippen molar-refractivity contribution in [1.29, 1.82) is 0 Å². The number of phosphoric ester groups is 1. The molecule has 0 bridgehead atoms. The van der Waals surface area contributed by atoms with Crippen LogP contribution in [0.2, 0.25) is 0 Å². The zero-order chi connectivity index (χ0) is 10.5. The molecule has 0 rings (SSSR count). The van der Waals surface area contributed by atoms with Gasteiger partial charge in [-0.15, -0.1) is 0 Å². The number of hydrogen-bond donors (Lipinski definition) is 0.